The van der Waals surface area contributed by atoms with Gasteiger partial charge in [0.05, 0.1) is 28.0 Å². The molecule has 0 saturated carbocycles. The van der Waals surface area contributed by atoms with Crippen LogP contribution in [0, 0.1) is 6.92 Å². The Morgan fingerprint density at radius 2 is 2.19 bits per heavy atom. The molecule has 1 aromatic heterocycles. The average molecular weight is 305 g/mol. The summed E-state index contributed by atoms with van der Waals surface area (Å²) in [7, 11) is 0. The van der Waals surface area contributed by atoms with Gasteiger partial charge in [0, 0.05) is 6.54 Å². The fraction of sp³-hybridized carbons (Fsp3) is 0.636. The van der Waals surface area contributed by atoms with Crippen LogP contribution in [-0.2, 0) is 17.8 Å². The van der Waals surface area contributed by atoms with Gasteiger partial charge in [0.25, 0.3) is 0 Å². The van der Waals surface area contributed by atoms with Crippen LogP contribution >= 0.6 is 27.7 Å². The van der Waals surface area contributed by atoms with Crippen molar-refractivity contribution in [1.82, 2.24) is 9.78 Å². The Morgan fingerprint density at radius 3 is 2.75 bits per heavy atom. The summed E-state index contributed by atoms with van der Waals surface area (Å²) in [6.07, 6.45) is 0.474. The van der Waals surface area contributed by atoms with E-state index in [4.69, 9.17) is 0 Å². The highest BCUT2D eigenvalue weighted by Gasteiger charge is 2.15. The van der Waals surface area contributed by atoms with Gasteiger partial charge in [-0.2, -0.15) is 16.9 Å². The molecular formula is C11H17BrN2OS. The predicted octanol–water partition coefficient (Wildman–Crippen LogP) is 2.84. The van der Waals surface area contributed by atoms with Crippen molar-refractivity contribution in [3.05, 3.63) is 15.9 Å². The third kappa shape index (κ3) is 3.35. The third-order valence-corrected chi connectivity index (χ3v) is 4.25. The van der Waals surface area contributed by atoms with Gasteiger partial charge in [-0.15, -0.1) is 0 Å². The summed E-state index contributed by atoms with van der Waals surface area (Å²) >= 11 is 5.16. The van der Waals surface area contributed by atoms with E-state index in [1.807, 2.05) is 18.5 Å². The molecule has 0 amide bonds. The van der Waals surface area contributed by atoms with Gasteiger partial charge in [-0.3, -0.25) is 9.48 Å². The molecule has 0 aliphatic carbocycles. The first-order valence-electron chi connectivity index (χ1n) is 5.41. The first-order chi connectivity index (χ1) is 7.60. The highest BCUT2D eigenvalue weighted by atomic mass is 79.9. The standard InChI is InChI=1S/C11H17BrN2OS/c1-4-14-10(11(12)8(3)13-14)6-9(15)7-16-5-2/h4-7H2,1-3H3. The lowest BCUT2D eigenvalue weighted by atomic mass is 10.2. The van der Waals surface area contributed by atoms with Crippen LogP contribution in [0.25, 0.3) is 0 Å². The molecule has 0 radical (unpaired) electrons. The molecule has 16 heavy (non-hydrogen) atoms. The summed E-state index contributed by atoms with van der Waals surface area (Å²) < 4.78 is 2.87. The monoisotopic (exact) mass is 304 g/mol. The van der Waals surface area contributed by atoms with Crippen molar-refractivity contribution in [1.29, 1.82) is 0 Å². The van der Waals surface area contributed by atoms with Crippen LogP contribution in [0.15, 0.2) is 4.47 Å². The first-order valence-corrected chi connectivity index (χ1v) is 7.36. The van der Waals surface area contributed by atoms with Gasteiger partial charge in [-0.25, -0.2) is 0 Å². The Hall–Kier alpha value is -0.290. The van der Waals surface area contributed by atoms with E-state index in [-0.39, 0.29) is 5.78 Å². The molecule has 0 fully saturated rings. The molecule has 1 rings (SSSR count). The summed E-state index contributed by atoms with van der Waals surface area (Å²) in [6.45, 7) is 6.85. The maximum absolute atomic E-state index is 11.7. The minimum atomic E-state index is 0.266. The van der Waals surface area contributed by atoms with Crippen molar-refractivity contribution >= 4 is 33.5 Å². The maximum atomic E-state index is 11.7. The van der Waals surface area contributed by atoms with Gasteiger partial charge in [0.1, 0.15) is 5.78 Å². The van der Waals surface area contributed by atoms with E-state index in [1.54, 1.807) is 11.8 Å². The Balaban J connectivity index is 2.75. The number of hydrogen-bond donors (Lipinski definition) is 0. The minimum absolute atomic E-state index is 0.266. The van der Waals surface area contributed by atoms with Crippen LogP contribution in [0.3, 0.4) is 0 Å². The normalized spacial score (nSPS) is 10.8. The lowest BCUT2D eigenvalue weighted by molar-refractivity contribution is -0.116. The molecule has 3 nitrogen and oxygen atoms in total. The third-order valence-electron chi connectivity index (χ3n) is 2.28. The largest absolute Gasteiger partial charge is 0.298 e. The smallest absolute Gasteiger partial charge is 0.148 e. The van der Waals surface area contributed by atoms with E-state index in [2.05, 4.69) is 28.0 Å². The SMILES string of the molecule is CCSCC(=O)Cc1c(Br)c(C)nn1CC. The number of aromatic nitrogens is 2. The first kappa shape index (κ1) is 13.8. The highest BCUT2D eigenvalue weighted by molar-refractivity contribution is 9.10. The zero-order valence-electron chi connectivity index (χ0n) is 9.92. The molecule has 0 aromatic carbocycles. The van der Waals surface area contributed by atoms with Crippen molar-refractivity contribution in [2.75, 3.05) is 11.5 Å². The number of carbonyl (C=O) groups excluding carboxylic acids is 1. The number of rotatable bonds is 6. The van der Waals surface area contributed by atoms with Crippen molar-refractivity contribution in [2.45, 2.75) is 33.7 Å². The Labute approximate surface area is 109 Å². The molecular weight excluding hydrogens is 288 g/mol. The van der Waals surface area contributed by atoms with Crippen molar-refractivity contribution < 1.29 is 4.79 Å². The topological polar surface area (TPSA) is 34.9 Å². The Kier molecular flexibility index (Phi) is 5.55. The summed E-state index contributed by atoms with van der Waals surface area (Å²) in [6, 6.07) is 0. The summed E-state index contributed by atoms with van der Waals surface area (Å²) in [4.78, 5) is 11.7. The van der Waals surface area contributed by atoms with Crippen molar-refractivity contribution in [3.63, 3.8) is 0 Å². The lowest BCUT2D eigenvalue weighted by Crippen LogP contribution is -2.11. The second-order valence-corrected chi connectivity index (χ2v) is 5.58. The van der Waals surface area contributed by atoms with E-state index >= 15 is 0 Å². The summed E-state index contributed by atoms with van der Waals surface area (Å²) in [5.41, 5.74) is 1.95. The molecule has 90 valence electrons. The molecule has 0 aliphatic heterocycles. The van der Waals surface area contributed by atoms with Crippen LogP contribution in [0.1, 0.15) is 25.2 Å². The zero-order valence-corrected chi connectivity index (χ0v) is 12.3. The summed E-state index contributed by atoms with van der Waals surface area (Å²) in [5, 5.41) is 4.37. The number of carbonyl (C=O) groups is 1. The molecule has 0 spiro atoms. The molecule has 1 heterocycles. The van der Waals surface area contributed by atoms with Crippen molar-refractivity contribution in [2.24, 2.45) is 0 Å². The van der Waals surface area contributed by atoms with E-state index in [0.29, 0.717) is 12.2 Å². The molecule has 0 atom stereocenters. The predicted molar refractivity (Wildman–Crippen MR) is 72.0 cm³/mol. The van der Waals surface area contributed by atoms with Crippen LogP contribution in [0.4, 0.5) is 0 Å². The van der Waals surface area contributed by atoms with E-state index < -0.39 is 0 Å². The average Bonchev–Trinajstić information content (AvgIpc) is 2.54. The van der Waals surface area contributed by atoms with Gasteiger partial charge in [-0.1, -0.05) is 6.92 Å². The second kappa shape index (κ2) is 6.45. The van der Waals surface area contributed by atoms with Crippen molar-refractivity contribution in [3.8, 4) is 0 Å². The number of aryl methyl sites for hydroxylation is 2. The minimum Gasteiger partial charge on any atom is -0.298 e. The van der Waals surface area contributed by atoms with Gasteiger partial charge in [0.15, 0.2) is 0 Å². The number of ketones is 1. The molecule has 0 unspecified atom stereocenters. The fourth-order valence-electron chi connectivity index (χ4n) is 1.49. The van der Waals surface area contributed by atoms with E-state index in [1.165, 1.54) is 0 Å². The van der Waals surface area contributed by atoms with Crippen LogP contribution in [-0.4, -0.2) is 27.1 Å². The molecule has 1 aromatic rings. The fourth-order valence-corrected chi connectivity index (χ4v) is 2.45. The number of thioether (sulfide) groups is 1. The zero-order chi connectivity index (χ0) is 12.1. The van der Waals surface area contributed by atoms with Gasteiger partial charge >= 0.3 is 0 Å². The van der Waals surface area contributed by atoms with Gasteiger partial charge in [-0.05, 0) is 35.5 Å². The van der Waals surface area contributed by atoms with Gasteiger partial charge in [0.2, 0.25) is 0 Å². The van der Waals surface area contributed by atoms with Crippen LogP contribution in [0.2, 0.25) is 0 Å². The lowest BCUT2D eigenvalue weighted by Gasteiger charge is -2.04. The summed E-state index contributed by atoms with van der Waals surface area (Å²) in [5.74, 6) is 1.85. The number of nitrogens with zero attached hydrogens (tertiary/aromatic N) is 2. The molecule has 0 N–H and O–H groups in total. The molecule has 0 bridgehead atoms. The van der Waals surface area contributed by atoms with Crippen LogP contribution in [0.5, 0.6) is 0 Å². The Morgan fingerprint density at radius 1 is 1.50 bits per heavy atom. The van der Waals surface area contributed by atoms with Gasteiger partial charge < -0.3 is 0 Å². The second-order valence-electron chi connectivity index (χ2n) is 3.51. The van der Waals surface area contributed by atoms with Crippen LogP contribution < -0.4 is 0 Å². The number of halogens is 1. The van der Waals surface area contributed by atoms with E-state index in [0.717, 1.165) is 28.2 Å². The quantitative estimate of drug-likeness (QED) is 0.810. The Bertz CT molecular complexity index is 376. The molecule has 0 saturated heterocycles. The molecule has 0 aliphatic rings. The number of Topliss-reactive ketones (excluding diaryl/α,β-unsaturated/α-hetero) is 1. The maximum Gasteiger partial charge on any atom is 0.148 e. The molecule has 5 heteroatoms. The highest BCUT2D eigenvalue weighted by Crippen LogP contribution is 2.22. The number of hydrogen-bond acceptors (Lipinski definition) is 3. The van der Waals surface area contributed by atoms with E-state index in [9.17, 15) is 4.79 Å².